The molecule has 4 N–H and O–H groups in total. The van der Waals surface area contributed by atoms with Gasteiger partial charge in [-0.1, -0.05) is 30.3 Å². The molecule has 0 aromatic heterocycles. The number of amides is 2. The van der Waals surface area contributed by atoms with E-state index in [0.29, 0.717) is 6.04 Å². The zero-order valence-electron chi connectivity index (χ0n) is 11.1. The van der Waals surface area contributed by atoms with Gasteiger partial charge in [0.05, 0.1) is 0 Å². The zero-order chi connectivity index (χ0) is 13.7. The van der Waals surface area contributed by atoms with E-state index < -0.39 is 0 Å². The smallest absolute Gasteiger partial charge is 0.283 e. The third kappa shape index (κ3) is 4.06. The maximum atomic E-state index is 12.2. The molecule has 5 heteroatoms. The van der Waals surface area contributed by atoms with Crippen LogP contribution in [0.2, 0.25) is 0 Å². The summed E-state index contributed by atoms with van der Waals surface area (Å²) in [5.41, 5.74) is 0.921. The van der Waals surface area contributed by atoms with Gasteiger partial charge < -0.3 is 16.0 Å². The summed E-state index contributed by atoms with van der Waals surface area (Å²) >= 11 is 0. The van der Waals surface area contributed by atoms with E-state index in [1.54, 1.807) is 12.4 Å². The Balaban J connectivity index is 2.03. The van der Waals surface area contributed by atoms with Crippen LogP contribution in [0.15, 0.2) is 30.3 Å². The van der Waals surface area contributed by atoms with Crippen molar-refractivity contribution in [2.75, 3.05) is 13.6 Å². The average Bonchev–Trinajstić information content (AvgIpc) is 3.23. The first kappa shape index (κ1) is 13.5. The molecule has 0 bridgehead atoms. The van der Waals surface area contributed by atoms with Crippen molar-refractivity contribution in [2.24, 2.45) is 0 Å². The third-order valence-corrected chi connectivity index (χ3v) is 3.18. The van der Waals surface area contributed by atoms with Crippen molar-refractivity contribution in [1.29, 1.82) is 0 Å². The molecule has 2 rings (SSSR count). The first-order valence-electron chi connectivity index (χ1n) is 6.60. The standard InChI is InChI=1S/C14H19N3O2/c1-15-12(18)9-16-13(10-5-3-2-4-6-10)14(19)17-11-7-8-11/h2-6,11,13,16H,7-9H2,1H3,(H,15,18)(H,17,19)/p+1/t13-/m1/s1. The maximum absolute atomic E-state index is 12.2. The molecule has 1 atom stereocenters. The number of nitrogens with one attached hydrogen (secondary N) is 2. The normalized spacial score (nSPS) is 15.6. The Kier molecular flexibility index (Phi) is 4.52. The van der Waals surface area contributed by atoms with Gasteiger partial charge in [0.15, 0.2) is 12.6 Å². The third-order valence-electron chi connectivity index (χ3n) is 3.18. The molecule has 0 unspecified atom stereocenters. The first-order chi connectivity index (χ1) is 9.20. The number of nitrogens with two attached hydrogens (primary N) is 1. The lowest BCUT2D eigenvalue weighted by atomic mass is 10.1. The van der Waals surface area contributed by atoms with Crippen LogP contribution in [-0.4, -0.2) is 31.4 Å². The van der Waals surface area contributed by atoms with E-state index in [1.807, 2.05) is 30.3 Å². The molecule has 0 radical (unpaired) electrons. The molecule has 1 aliphatic carbocycles. The Morgan fingerprint density at radius 1 is 1.32 bits per heavy atom. The van der Waals surface area contributed by atoms with Gasteiger partial charge in [-0.15, -0.1) is 0 Å². The lowest BCUT2D eigenvalue weighted by molar-refractivity contribution is -0.672. The monoisotopic (exact) mass is 262 g/mol. The fourth-order valence-electron chi connectivity index (χ4n) is 1.90. The Morgan fingerprint density at radius 3 is 2.58 bits per heavy atom. The van der Waals surface area contributed by atoms with Crippen molar-refractivity contribution >= 4 is 11.8 Å². The fraction of sp³-hybridized carbons (Fsp3) is 0.429. The second-order valence-corrected chi connectivity index (χ2v) is 4.78. The van der Waals surface area contributed by atoms with Gasteiger partial charge in [-0.25, -0.2) is 0 Å². The molecule has 2 amide bonds. The van der Waals surface area contributed by atoms with E-state index in [4.69, 9.17) is 0 Å². The quantitative estimate of drug-likeness (QED) is 0.635. The lowest BCUT2D eigenvalue weighted by Gasteiger charge is -2.15. The summed E-state index contributed by atoms with van der Waals surface area (Å²) in [4.78, 5) is 23.6. The fourth-order valence-corrected chi connectivity index (χ4v) is 1.90. The van der Waals surface area contributed by atoms with E-state index in [0.717, 1.165) is 18.4 Å². The number of carbonyl (C=O) groups is 2. The van der Waals surface area contributed by atoms with Gasteiger partial charge in [-0.3, -0.25) is 9.59 Å². The van der Waals surface area contributed by atoms with E-state index in [2.05, 4.69) is 10.6 Å². The summed E-state index contributed by atoms with van der Waals surface area (Å²) in [5, 5.41) is 7.32. The van der Waals surface area contributed by atoms with Crippen molar-refractivity contribution in [2.45, 2.75) is 24.9 Å². The molecule has 1 aliphatic rings. The Labute approximate surface area is 112 Å². The maximum Gasteiger partial charge on any atom is 0.283 e. The molecular weight excluding hydrogens is 242 g/mol. The molecule has 0 saturated heterocycles. The van der Waals surface area contributed by atoms with Gasteiger partial charge >= 0.3 is 0 Å². The number of hydrogen-bond donors (Lipinski definition) is 3. The number of quaternary nitrogens is 1. The highest BCUT2D eigenvalue weighted by atomic mass is 16.2. The lowest BCUT2D eigenvalue weighted by Crippen LogP contribution is -2.89. The van der Waals surface area contributed by atoms with Crippen LogP contribution in [0, 0.1) is 0 Å². The molecule has 1 aromatic carbocycles. The van der Waals surface area contributed by atoms with Gasteiger partial charge in [-0.2, -0.15) is 0 Å². The minimum Gasteiger partial charge on any atom is -0.354 e. The molecule has 19 heavy (non-hydrogen) atoms. The molecule has 5 nitrogen and oxygen atoms in total. The highest BCUT2D eigenvalue weighted by Crippen LogP contribution is 2.20. The number of carbonyl (C=O) groups excluding carboxylic acids is 2. The molecule has 102 valence electrons. The molecule has 1 aromatic rings. The molecular formula is C14H20N3O2+. The minimum atomic E-state index is -0.362. The van der Waals surface area contributed by atoms with Crippen LogP contribution in [0.5, 0.6) is 0 Å². The number of rotatable bonds is 6. The van der Waals surface area contributed by atoms with Crippen LogP contribution in [0.4, 0.5) is 0 Å². The zero-order valence-corrected chi connectivity index (χ0v) is 11.1. The van der Waals surface area contributed by atoms with Crippen LogP contribution in [0.1, 0.15) is 24.4 Å². The Hall–Kier alpha value is -1.88. The summed E-state index contributed by atoms with van der Waals surface area (Å²) in [6, 6.07) is 9.51. The van der Waals surface area contributed by atoms with E-state index in [9.17, 15) is 9.59 Å². The topological polar surface area (TPSA) is 74.8 Å². The predicted molar refractivity (Wildman–Crippen MR) is 71.2 cm³/mol. The molecule has 0 spiro atoms. The van der Waals surface area contributed by atoms with Crippen molar-refractivity contribution < 1.29 is 14.9 Å². The predicted octanol–water partition coefficient (Wildman–Crippen LogP) is -0.684. The largest absolute Gasteiger partial charge is 0.354 e. The van der Waals surface area contributed by atoms with E-state index in [1.165, 1.54) is 0 Å². The SMILES string of the molecule is CNC(=O)C[NH2+][C@@H](C(=O)NC1CC1)c1ccccc1. The molecule has 0 aliphatic heterocycles. The summed E-state index contributed by atoms with van der Waals surface area (Å²) in [7, 11) is 1.60. The van der Waals surface area contributed by atoms with E-state index >= 15 is 0 Å². The average molecular weight is 262 g/mol. The highest BCUT2D eigenvalue weighted by molar-refractivity contribution is 5.82. The van der Waals surface area contributed by atoms with Crippen LogP contribution in [0.3, 0.4) is 0 Å². The second-order valence-electron chi connectivity index (χ2n) is 4.78. The minimum absolute atomic E-state index is 0.0161. The van der Waals surface area contributed by atoms with Gasteiger partial charge in [0.25, 0.3) is 11.8 Å². The van der Waals surface area contributed by atoms with Gasteiger partial charge in [0.2, 0.25) is 0 Å². The first-order valence-corrected chi connectivity index (χ1v) is 6.60. The Morgan fingerprint density at radius 2 is 2.00 bits per heavy atom. The molecule has 1 fully saturated rings. The van der Waals surface area contributed by atoms with Gasteiger partial charge in [0, 0.05) is 18.7 Å². The van der Waals surface area contributed by atoms with Crippen LogP contribution in [-0.2, 0) is 9.59 Å². The van der Waals surface area contributed by atoms with Crippen molar-refractivity contribution in [3.8, 4) is 0 Å². The van der Waals surface area contributed by atoms with E-state index in [-0.39, 0.29) is 24.4 Å². The van der Waals surface area contributed by atoms with Crippen LogP contribution >= 0.6 is 0 Å². The number of hydrogen-bond acceptors (Lipinski definition) is 2. The van der Waals surface area contributed by atoms with Crippen LogP contribution < -0.4 is 16.0 Å². The second kappa shape index (κ2) is 6.33. The van der Waals surface area contributed by atoms with Gasteiger partial charge in [0.1, 0.15) is 0 Å². The van der Waals surface area contributed by atoms with Crippen molar-refractivity contribution in [3.05, 3.63) is 35.9 Å². The Bertz CT molecular complexity index is 443. The van der Waals surface area contributed by atoms with Crippen molar-refractivity contribution in [1.82, 2.24) is 10.6 Å². The highest BCUT2D eigenvalue weighted by Gasteiger charge is 2.30. The number of benzene rings is 1. The molecule has 0 heterocycles. The number of likely N-dealkylation sites (N-methyl/N-ethyl adjacent to an activating group) is 1. The van der Waals surface area contributed by atoms with Gasteiger partial charge in [-0.05, 0) is 12.8 Å². The summed E-state index contributed by atoms with van der Waals surface area (Å²) in [6.07, 6.45) is 2.12. The van der Waals surface area contributed by atoms with Crippen molar-refractivity contribution in [3.63, 3.8) is 0 Å². The van der Waals surface area contributed by atoms with Crippen LogP contribution in [0.25, 0.3) is 0 Å². The summed E-state index contributed by atoms with van der Waals surface area (Å²) in [6.45, 7) is 0.244. The molecule has 1 saturated carbocycles. The summed E-state index contributed by atoms with van der Waals surface area (Å²) < 4.78 is 0. The summed E-state index contributed by atoms with van der Waals surface area (Å²) in [5.74, 6) is -0.0993.